The van der Waals surface area contributed by atoms with Gasteiger partial charge in [0.05, 0.1) is 19.6 Å². The van der Waals surface area contributed by atoms with Crippen molar-refractivity contribution < 1.29 is 28.5 Å². The van der Waals surface area contributed by atoms with Crippen molar-refractivity contribution in [2.75, 3.05) is 13.2 Å². The molecule has 0 aromatic rings. The minimum absolute atomic E-state index is 0.103. The van der Waals surface area contributed by atoms with Crippen molar-refractivity contribution in [3.63, 3.8) is 0 Å². The van der Waals surface area contributed by atoms with Gasteiger partial charge in [-0.1, -0.05) is 19.8 Å². The summed E-state index contributed by atoms with van der Waals surface area (Å²) in [6, 6.07) is 0. The molecule has 136 valence electrons. The van der Waals surface area contributed by atoms with E-state index in [9.17, 15) is 9.59 Å². The van der Waals surface area contributed by atoms with Gasteiger partial charge < -0.3 is 18.9 Å². The van der Waals surface area contributed by atoms with Gasteiger partial charge >= 0.3 is 5.97 Å². The first kappa shape index (κ1) is 17.7. The number of ether oxygens (including phenoxy) is 4. The summed E-state index contributed by atoms with van der Waals surface area (Å²) >= 11 is 0. The molecule has 4 atom stereocenters. The number of carbonyl (C=O) groups excluding carboxylic acids is 2. The average molecular weight is 340 g/mol. The van der Waals surface area contributed by atoms with Crippen molar-refractivity contribution in [1.82, 2.24) is 0 Å². The predicted molar refractivity (Wildman–Crippen MR) is 85.0 cm³/mol. The molecule has 3 rings (SSSR count). The van der Waals surface area contributed by atoms with Crippen LogP contribution in [0.25, 0.3) is 0 Å². The van der Waals surface area contributed by atoms with Crippen LogP contribution in [-0.2, 0) is 28.5 Å². The second kappa shape index (κ2) is 7.83. The van der Waals surface area contributed by atoms with E-state index in [2.05, 4.69) is 6.92 Å². The fourth-order valence-corrected chi connectivity index (χ4v) is 4.53. The first-order valence-corrected chi connectivity index (χ1v) is 9.24. The molecule has 0 bridgehead atoms. The number of hydrogen-bond donors (Lipinski definition) is 0. The maximum absolute atomic E-state index is 11.6. The van der Waals surface area contributed by atoms with Gasteiger partial charge in [-0.3, -0.25) is 9.59 Å². The topological polar surface area (TPSA) is 71.1 Å². The van der Waals surface area contributed by atoms with Gasteiger partial charge in [0.15, 0.2) is 5.79 Å². The summed E-state index contributed by atoms with van der Waals surface area (Å²) < 4.78 is 22.5. The highest BCUT2D eigenvalue weighted by atomic mass is 16.7. The Labute approximate surface area is 143 Å². The van der Waals surface area contributed by atoms with Gasteiger partial charge in [-0.15, -0.1) is 0 Å². The molecular weight excluding hydrogens is 312 g/mol. The van der Waals surface area contributed by atoms with Crippen LogP contribution in [0, 0.1) is 11.8 Å². The lowest BCUT2D eigenvalue weighted by Gasteiger charge is -2.30. The van der Waals surface area contributed by atoms with Gasteiger partial charge in [0.25, 0.3) is 6.47 Å². The zero-order valence-electron chi connectivity index (χ0n) is 14.4. The van der Waals surface area contributed by atoms with Crippen LogP contribution in [0.2, 0.25) is 0 Å². The fraction of sp³-hybridized carbons (Fsp3) is 0.889. The van der Waals surface area contributed by atoms with Gasteiger partial charge in [0.1, 0.15) is 12.2 Å². The average Bonchev–Trinajstić information content (AvgIpc) is 3.22. The van der Waals surface area contributed by atoms with Gasteiger partial charge in [0.2, 0.25) is 0 Å². The first-order chi connectivity index (χ1) is 11.7. The summed E-state index contributed by atoms with van der Waals surface area (Å²) in [4.78, 5) is 22.4. The quantitative estimate of drug-likeness (QED) is 0.365. The molecule has 4 unspecified atom stereocenters. The monoisotopic (exact) mass is 340 g/mol. The van der Waals surface area contributed by atoms with E-state index >= 15 is 0 Å². The van der Waals surface area contributed by atoms with Crippen LogP contribution < -0.4 is 0 Å². The largest absolute Gasteiger partial charge is 0.464 e. The minimum Gasteiger partial charge on any atom is -0.464 e. The lowest BCUT2D eigenvalue weighted by Crippen LogP contribution is -2.33. The molecule has 0 aromatic heterocycles. The molecule has 3 aliphatic rings. The van der Waals surface area contributed by atoms with Gasteiger partial charge in [-0.2, -0.15) is 0 Å². The zero-order chi connectivity index (χ0) is 17.0. The lowest BCUT2D eigenvalue weighted by atomic mass is 9.86. The number of hydrogen-bond acceptors (Lipinski definition) is 6. The molecule has 24 heavy (non-hydrogen) atoms. The third-order valence-electron chi connectivity index (χ3n) is 5.72. The van der Waals surface area contributed by atoms with Crippen molar-refractivity contribution in [1.29, 1.82) is 0 Å². The number of rotatable bonds is 9. The maximum Gasteiger partial charge on any atom is 0.306 e. The molecule has 2 saturated heterocycles. The van der Waals surface area contributed by atoms with E-state index in [1.165, 1.54) is 6.42 Å². The summed E-state index contributed by atoms with van der Waals surface area (Å²) in [5, 5.41) is 0. The van der Waals surface area contributed by atoms with E-state index < -0.39 is 5.79 Å². The lowest BCUT2D eigenvalue weighted by molar-refractivity contribution is -0.172. The summed E-state index contributed by atoms with van der Waals surface area (Å²) in [6.07, 6.45) is 6.69. The molecule has 1 saturated carbocycles. The molecular formula is C18H28O6. The summed E-state index contributed by atoms with van der Waals surface area (Å²) in [6.45, 7) is 3.97. The Morgan fingerprint density at radius 1 is 1.25 bits per heavy atom. The van der Waals surface area contributed by atoms with Crippen LogP contribution >= 0.6 is 0 Å². The molecule has 6 nitrogen and oxygen atoms in total. The number of fused-ring (bicyclic) bond motifs is 1. The van der Waals surface area contributed by atoms with Crippen molar-refractivity contribution in [3.05, 3.63) is 0 Å². The van der Waals surface area contributed by atoms with Crippen molar-refractivity contribution >= 4 is 12.4 Å². The molecule has 2 aliphatic heterocycles. The Hall–Kier alpha value is -1.14. The van der Waals surface area contributed by atoms with Crippen molar-refractivity contribution in [3.8, 4) is 0 Å². The molecule has 0 radical (unpaired) electrons. The van der Waals surface area contributed by atoms with E-state index in [4.69, 9.17) is 18.9 Å². The number of esters is 1. The molecule has 0 spiro atoms. The minimum atomic E-state index is -0.498. The number of carbonyl (C=O) groups is 2. The van der Waals surface area contributed by atoms with Gasteiger partial charge in [-0.25, -0.2) is 0 Å². The highest BCUT2D eigenvalue weighted by Gasteiger charge is 2.51. The summed E-state index contributed by atoms with van der Waals surface area (Å²) in [7, 11) is 0. The SMILES string of the molecule is CCCCCC1(CCC2C(OC=O)CC3OC(=O)CC32)OCCO1. The third-order valence-corrected chi connectivity index (χ3v) is 5.72. The summed E-state index contributed by atoms with van der Waals surface area (Å²) in [5.41, 5.74) is 0. The van der Waals surface area contributed by atoms with E-state index in [1.54, 1.807) is 0 Å². The normalized spacial score (nSPS) is 34.1. The molecule has 0 N–H and O–H groups in total. The highest BCUT2D eigenvalue weighted by molar-refractivity contribution is 5.72. The summed E-state index contributed by atoms with van der Waals surface area (Å²) in [5.74, 6) is -0.341. The Morgan fingerprint density at radius 3 is 2.75 bits per heavy atom. The van der Waals surface area contributed by atoms with Crippen molar-refractivity contribution in [2.24, 2.45) is 11.8 Å². The molecule has 0 amide bonds. The Kier molecular flexibility index (Phi) is 5.76. The van der Waals surface area contributed by atoms with Crippen LogP contribution in [0.15, 0.2) is 0 Å². The maximum atomic E-state index is 11.6. The molecule has 6 heteroatoms. The first-order valence-electron chi connectivity index (χ1n) is 9.24. The van der Waals surface area contributed by atoms with E-state index in [-0.39, 0.29) is 30.0 Å². The Morgan fingerprint density at radius 2 is 2.04 bits per heavy atom. The van der Waals surface area contributed by atoms with Gasteiger partial charge in [-0.05, 0) is 12.8 Å². The van der Waals surface area contributed by atoms with E-state index in [0.717, 1.165) is 32.1 Å². The predicted octanol–water partition coefficient (Wildman–Crippen LogP) is 2.58. The van der Waals surface area contributed by atoms with Crippen molar-refractivity contribution in [2.45, 2.75) is 76.3 Å². The third kappa shape index (κ3) is 3.75. The second-order valence-corrected chi connectivity index (χ2v) is 7.17. The van der Waals surface area contributed by atoms with E-state index in [1.807, 2.05) is 0 Å². The Bertz CT molecular complexity index is 445. The van der Waals surface area contributed by atoms with Crippen LogP contribution in [0.5, 0.6) is 0 Å². The van der Waals surface area contributed by atoms with Crippen LogP contribution in [0.4, 0.5) is 0 Å². The van der Waals surface area contributed by atoms with E-state index in [0.29, 0.717) is 32.5 Å². The van der Waals surface area contributed by atoms with Crippen LogP contribution in [-0.4, -0.2) is 43.7 Å². The van der Waals surface area contributed by atoms with Crippen LogP contribution in [0.3, 0.4) is 0 Å². The van der Waals surface area contributed by atoms with Crippen LogP contribution in [0.1, 0.15) is 58.3 Å². The number of unbranched alkanes of at least 4 members (excludes halogenated alkanes) is 2. The second-order valence-electron chi connectivity index (χ2n) is 7.17. The molecule has 2 heterocycles. The van der Waals surface area contributed by atoms with Gasteiger partial charge in [0, 0.05) is 31.1 Å². The Balaban J connectivity index is 1.61. The fourth-order valence-electron chi connectivity index (χ4n) is 4.53. The molecule has 0 aromatic carbocycles. The zero-order valence-corrected chi connectivity index (χ0v) is 14.4. The molecule has 1 aliphatic carbocycles. The molecule has 3 fully saturated rings. The standard InChI is InChI=1S/C18H28O6/c1-2-3-4-6-18(22-8-9-23-18)7-5-13-14-10-17(20)24-16(14)11-15(13)21-12-19/h12-16H,2-11H2,1H3. The smallest absolute Gasteiger partial charge is 0.306 e. The highest BCUT2D eigenvalue weighted by Crippen LogP contribution is 2.46.